The third kappa shape index (κ3) is 4.80. The van der Waals surface area contributed by atoms with E-state index in [1.165, 1.54) is 48.4 Å². The summed E-state index contributed by atoms with van der Waals surface area (Å²) in [5.41, 5.74) is 0.0690. The number of nitrogens with zero attached hydrogens (tertiary/aromatic N) is 4. The fourth-order valence-corrected chi connectivity index (χ4v) is 4.65. The standard InChI is InChI=1S/C18H19FN4O4S2/c1-12(23(29(3,25)26)14-7-4-6-13(19)10-14)18(24)22(2)11-16-20-17(21-27-16)15-8-5-9-28-15/h4-10,12H,11H2,1-3H3/t12-/m0/s1. The maximum atomic E-state index is 13.6. The van der Waals surface area contributed by atoms with Crippen molar-refractivity contribution in [2.24, 2.45) is 0 Å². The van der Waals surface area contributed by atoms with Crippen LogP contribution in [0.3, 0.4) is 0 Å². The average Bonchev–Trinajstić information content (AvgIpc) is 3.31. The van der Waals surface area contributed by atoms with Crippen LogP contribution in [-0.2, 0) is 21.4 Å². The maximum absolute atomic E-state index is 13.6. The van der Waals surface area contributed by atoms with Crippen molar-refractivity contribution in [3.8, 4) is 10.7 Å². The highest BCUT2D eigenvalue weighted by Gasteiger charge is 2.31. The number of anilines is 1. The van der Waals surface area contributed by atoms with Crippen molar-refractivity contribution < 1.29 is 22.1 Å². The summed E-state index contributed by atoms with van der Waals surface area (Å²) in [5, 5.41) is 5.77. The lowest BCUT2D eigenvalue weighted by Crippen LogP contribution is -2.48. The molecule has 0 aliphatic carbocycles. The summed E-state index contributed by atoms with van der Waals surface area (Å²) in [4.78, 5) is 19.2. The number of likely N-dealkylation sites (N-methyl/N-ethyl adjacent to an activating group) is 1. The number of amides is 1. The Kier molecular flexibility index (Phi) is 5.99. The van der Waals surface area contributed by atoms with Crippen molar-refractivity contribution in [1.82, 2.24) is 15.0 Å². The largest absolute Gasteiger partial charge is 0.337 e. The monoisotopic (exact) mass is 438 g/mol. The second-order valence-corrected chi connectivity index (χ2v) is 9.21. The lowest BCUT2D eigenvalue weighted by molar-refractivity contribution is -0.131. The summed E-state index contributed by atoms with van der Waals surface area (Å²) in [5.74, 6) is -0.471. The van der Waals surface area contributed by atoms with Gasteiger partial charge in [0.25, 0.3) is 0 Å². The second-order valence-electron chi connectivity index (χ2n) is 6.40. The van der Waals surface area contributed by atoms with Gasteiger partial charge in [-0.2, -0.15) is 4.98 Å². The smallest absolute Gasteiger partial charge is 0.246 e. The molecule has 0 spiro atoms. The van der Waals surface area contributed by atoms with Crippen molar-refractivity contribution in [1.29, 1.82) is 0 Å². The number of carbonyl (C=O) groups is 1. The Hall–Kier alpha value is -2.79. The number of rotatable bonds is 7. The minimum Gasteiger partial charge on any atom is -0.337 e. The number of thiophene rings is 1. The first-order chi connectivity index (χ1) is 13.7. The van der Waals surface area contributed by atoms with E-state index in [-0.39, 0.29) is 18.1 Å². The Morgan fingerprint density at radius 1 is 1.31 bits per heavy atom. The van der Waals surface area contributed by atoms with Crippen molar-refractivity contribution >= 4 is 33.0 Å². The van der Waals surface area contributed by atoms with Crippen LogP contribution in [0.4, 0.5) is 10.1 Å². The van der Waals surface area contributed by atoms with E-state index in [9.17, 15) is 17.6 Å². The molecule has 0 saturated carbocycles. The predicted molar refractivity (Wildman–Crippen MR) is 107 cm³/mol. The van der Waals surface area contributed by atoms with Crippen LogP contribution in [0, 0.1) is 5.82 Å². The molecule has 0 fully saturated rings. The molecule has 3 aromatic rings. The fourth-order valence-electron chi connectivity index (χ4n) is 2.84. The number of sulfonamides is 1. The number of benzene rings is 1. The second kappa shape index (κ2) is 8.29. The minimum atomic E-state index is -3.84. The molecule has 0 bridgehead atoms. The Balaban J connectivity index is 1.78. The van der Waals surface area contributed by atoms with E-state index in [1.807, 2.05) is 17.5 Å². The van der Waals surface area contributed by atoms with Gasteiger partial charge >= 0.3 is 0 Å². The van der Waals surface area contributed by atoms with Gasteiger partial charge in [0.1, 0.15) is 11.9 Å². The van der Waals surface area contributed by atoms with Crippen LogP contribution in [0.2, 0.25) is 0 Å². The van der Waals surface area contributed by atoms with Gasteiger partial charge in [0.2, 0.25) is 27.6 Å². The van der Waals surface area contributed by atoms with Gasteiger partial charge in [0.15, 0.2) is 0 Å². The topological polar surface area (TPSA) is 96.6 Å². The SMILES string of the molecule is C[C@@H](C(=O)N(C)Cc1nc(-c2cccs2)no1)N(c1cccc(F)c1)S(C)(=O)=O. The van der Waals surface area contributed by atoms with Crippen LogP contribution < -0.4 is 4.31 Å². The van der Waals surface area contributed by atoms with E-state index in [4.69, 9.17) is 4.52 Å². The Bertz CT molecular complexity index is 1100. The molecule has 0 saturated heterocycles. The summed E-state index contributed by atoms with van der Waals surface area (Å²) in [6.45, 7) is 1.44. The minimum absolute atomic E-state index is 0.00228. The van der Waals surface area contributed by atoms with Crippen LogP contribution >= 0.6 is 11.3 Å². The quantitative estimate of drug-likeness (QED) is 0.563. The van der Waals surface area contributed by atoms with Gasteiger partial charge in [-0.1, -0.05) is 17.3 Å². The third-order valence-corrected chi connectivity index (χ3v) is 6.19. The van der Waals surface area contributed by atoms with Gasteiger partial charge < -0.3 is 9.42 Å². The molecule has 2 aromatic heterocycles. The molecule has 1 atom stereocenters. The molecule has 154 valence electrons. The van der Waals surface area contributed by atoms with Crippen molar-refractivity contribution in [2.75, 3.05) is 17.6 Å². The zero-order valence-corrected chi connectivity index (χ0v) is 17.6. The molecule has 0 aliphatic rings. The molecule has 0 radical (unpaired) electrons. The van der Waals surface area contributed by atoms with E-state index in [2.05, 4.69) is 10.1 Å². The number of carbonyl (C=O) groups excluding carboxylic acids is 1. The zero-order chi connectivity index (χ0) is 21.2. The van der Waals surface area contributed by atoms with Crippen molar-refractivity contribution in [3.05, 3.63) is 53.5 Å². The lowest BCUT2D eigenvalue weighted by atomic mass is 10.2. The van der Waals surface area contributed by atoms with Crippen LogP contribution in [0.5, 0.6) is 0 Å². The number of hydrogen-bond donors (Lipinski definition) is 0. The van der Waals surface area contributed by atoms with Crippen LogP contribution in [-0.4, -0.2) is 48.7 Å². The molecule has 3 rings (SSSR count). The first-order valence-electron chi connectivity index (χ1n) is 8.53. The number of aromatic nitrogens is 2. The summed E-state index contributed by atoms with van der Waals surface area (Å²) >= 11 is 1.46. The Morgan fingerprint density at radius 2 is 2.07 bits per heavy atom. The zero-order valence-electron chi connectivity index (χ0n) is 15.9. The van der Waals surface area contributed by atoms with Gasteiger partial charge in [-0.05, 0) is 36.6 Å². The first-order valence-corrected chi connectivity index (χ1v) is 11.3. The summed E-state index contributed by atoms with van der Waals surface area (Å²) in [7, 11) is -2.34. The van der Waals surface area contributed by atoms with E-state index in [0.29, 0.717) is 5.82 Å². The Morgan fingerprint density at radius 3 is 2.69 bits per heavy atom. The fraction of sp³-hybridized carbons (Fsp3) is 0.278. The van der Waals surface area contributed by atoms with E-state index >= 15 is 0 Å². The van der Waals surface area contributed by atoms with Crippen LogP contribution in [0.1, 0.15) is 12.8 Å². The molecule has 1 aromatic carbocycles. The van der Waals surface area contributed by atoms with Crippen LogP contribution in [0.15, 0.2) is 46.3 Å². The van der Waals surface area contributed by atoms with Gasteiger partial charge in [-0.25, -0.2) is 12.8 Å². The maximum Gasteiger partial charge on any atom is 0.246 e. The molecular formula is C18H19FN4O4S2. The normalized spacial score (nSPS) is 12.6. The van der Waals surface area contributed by atoms with Gasteiger partial charge in [-0.3, -0.25) is 9.10 Å². The third-order valence-electron chi connectivity index (χ3n) is 4.09. The van der Waals surface area contributed by atoms with E-state index in [1.54, 1.807) is 0 Å². The predicted octanol–water partition coefficient (Wildman–Crippen LogP) is 2.75. The highest BCUT2D eigenvalue weighted by molar-refractivity contribution is 7.92. The van der Waals surface area contributed by atoms with E-state index in [0.717, 1.165) is 21.5 Å². The summed E-state index contributed by atoms with van der Waals surface area (Å²) in [6.07, 6.45) is 0.965. The molecule has 2 heterocycles. The van der Waals surface area contributed by atoms with Crippen LogP contribution in [0.25, 0.3) is 10.7 Å². The molecule has 0 N–H and O–H groups in total. The van der Waals surface area contributed by atoms with Gasteiger partial charge in [0, 0.05) is 7.05 Å². The highest BCUT2D eigenvalue weighted by atomic mass is 32.2. The first kappa shape index (κ1) is 20.9. The number of halogens is 1. The lowest BCUT2D eigenvalue weighted by Gasteiger charge is -2.30. The summed E-state index contributed by atoms with van der Waals surface area (Å²) in [6, 6.07) is 7.68. The molecule has 8 nitrogen and oxygen atoms in total. The molecule has 1 amide bonds. The average molecular weight is 439 g/mol. The van der Waals surface area contributed by atoms with Gasteiger partial charge in [0.05, 0.1) is 23.4 Å². The van der Waals surface area contributed by atoms with Crippen molar-refractivity contribution in [3.63, 3.8) is 0 Å². The number of hydrogen-bond acceptors (Lipinski definition) is 7. The molecule has 29 heavy (non-hydrogen) atoms. The molecular weight excluding hydrogens is 419 g/mol. The van der Waals surface area contributed by atoms with Gasteiger partial charge in [-0.15, -0.1) is 11.3 Å². The molecule has 0 unspecified atom stereocenters. The molecule has 11 heteroatoms. The Labute approximate surface area is 171 Å². The molecule has 0 aliphatic heterocycles. The van der Waals surface area contributed by atoms with Crippen molar-refractivity contribution in [2.45, 2.75) is 19.5 Å². The van der Waals surface area contributed by atoms with E-state index < -0.39 is 27.8 Å². The summed E-state index contributed by atoms with van der Waals surface area (Å²) < 4.78 is 44.3. The highest BCUT2D eigenvalue weighted by Crippen LogP contribution is 2.24.